The van der Waals surface area contributed by atoms with Gasteiger partial charge in [-0.2, -0.15) is 0 Å². The van der Waals surface area contributed by atoms with Gasteiger partial charge in [-0.05, 0) is 49.4 Å². The molecule has 0 aliphatic carbocycles. The second kappa shape index (κ2) is 9.25. The maximum absolute atomic E-state index is 12.6. The predicted octanol–water partition coefficient (Wildman–Crippen LogP) is 4.86. The minimum absolute atomic E-state index is 0.0829. The highest BCUT2D eigenvalue weighted by molar-refractivity contribution is 8.00. The molecule has 2 N–H and O–H groups in total. The van der Waals surface area contributed by atoms with Gasteiger partial charge in [0.2, 0.25) is 11.1 Å². The number of nitrogens with one attached hydrogen (secondary N) is 1. The third-order valence-corrected chi connectivity index (χ3v) is 5.57. The molecule has 0 bridgehead atoms. The molecule has 0 fully saturated rings. The van der Waals surface area contributed by atoms with Crippen molar-refractivity contribution in [2.24, 2.45) is 0 Å². The number of halogens is 1. The number of thioether (sulfide) groups is 1. The zero-order valence-electron chi connectivity index (χ0n) is 16.5. The smallest absolute Gasteiger partial charge is 0.337 e. The molecular weight excluding hydrogens is 456 g/mol. The van der Waals surface area contributed by atoms with Crippen molar-refractivity contribution in [2.75, 3.05) is 5.32 Å². The number of furan rings is 2. The summed E-state index contributed by atoms with van der Waals surface area (Å²) in [5.74, 6) is -0.592. The summed E-state index contributed by atoms with van der Waals surface area (Å²) in [6, 6.07) is 11.2. The molecular formula is C21H15ClN4O5S. The molecule has 1 aromatic carbocycles. The molecule has 3 aromatic heterocycles. The van der Waals surface area contributed by atoms with E-state index in [0.29, 0.717) is 28.6 Å². The Morgan fingerprint density at radius 1 is 1.06 bits per heavy atom. The minimum Gasteiger partial charge on any atom is -0.478 e. The van der Waals surface area contributed by atoms with Gasteiger partial charge in [0.05, 0.1) is 28.4 Å². The minimum atomic E-state index is -1.19. The highest BCUT2D eigenvalue weighted by atomic mass is 35.5. The third-order valence-electron chi connectivity index (χ3n) is 4.29. The molecule has 11 heteroatoms. The topological polar surface area (TPSA) is 131 Å². The molecule has 3 heterocycles. The molecule has 162 valence electrons. The summed E-state index contributed by atoms with van der Waals surface area (Å²) in [5.41, 5.74) is 1.05. The summed E-state index contributed by atoms with van der Waals surface area (Å²) in [6.45, 7) is 1.67. The fourth-order valence-electron chi connectivity index (χ4n) is 2.75. The standard InChI is InChI=1S/C21H15ClN4O5S/c1-11(19(27)23-12-6-7-14(22)13(10-12)20(28)29)32-21-24-17(15-4-2-8-30-15)18(25-26-21)16-5-3-9-31-16/h2-11H,1H3,(H,23,27)(H,28,29). The predicted molar refractivity (Wildman–Crippen MR) is 118 cm³/mol. The lowest BCUT2D eigenvalue weighted by molar-refractivity contribution is -0.115. The van der Waals surface area contributed by atoms with Crippen LogP contribution in [0.2, 0.25) is 5.02 Å². The zero-order chi connectivity index (χ0) is 22.7. The molecule has 0 aliphatic heterocycles. The maximum atomic E-state index is 12.6. The summed E-state index contributed by atoms with van der Waals surface area (Å²) < 4.78 is 10.9. The van der Waals surface area contributed by atoms with Gasteiger partial charge in [0.15, 0.2) is 17.2 Å². The van der Waals surface area contributed by atoms with Crippen LogP contribution in [0.4, 0.5) is 5.69 Å². The highest BCUT2D eigenvalue weighted by Crippen LogP contribution is 2.31. The number of carboxylic acid groups (broad SMARTS) is 1. The first-order valence-electron chi connectivity index (χ1n) is 9.25. The number of carbonyl (C=O) groups is 2. The average Bonchev–Trinajstić information content (AvgIpc) is 3.49. The second-order valence-electron chi connectivity index (χ2n) is 6.50. The molecule has 0 saturated carbocycles. The van der Waals surface area contributed by atoms with Crippen LogP contribution in [-0.4, -0.2) is 37.4 Å². The Bertz CT molecular complexity index is 1260. The van der Waals surface area contributed by atoms with E-state index in [0.717, 1.165) is 11.8 Å². The van der Waals surface area contributed by atoms with Gasteiger partial charge in [0.1, 0.15) is 5.69 Å². The largest absolute Gasteiger partial charge is 0.478 e. The Hall–Kier alpha value is -3.63. The number of anilines is 1. The van der Waals surface area contributed by atoms with E-state index in [1.807, 2.05) is 0 Å². The number of benzene rings is 1. The molecule has 32 heavy (non-hydrogen) atoms. The quantitative estimate of drug-likeness (QED) is 0.363. The number of aromatic carboxylic acids is 1. The number of nitrogens with zero attached hydrogens (tertiary/aromatic N) is 3. The van der Waals surface area contributed by atoms with Gasteiger partial charge in [-0.25, -0.2) is 9.78 Å². The van der Waals surface area contributed by atoms with E-state index in [2.05, 4.69) is 20.5 Å². The number of aromatic nitrogens is 3. The van der Waals surface area contributed by atoms with Gasteiger partial charge >= 0.3 is 5.97 Å². The summed E-state index contributed by atoms with van der Waals surface area (Å²) >= 11 is 6.96. The van der Waals surface area contributed by atoms with E-state index in [1.54, 1.807) is 31.2 Å². The molecule has 1 atom stereocenters. The molecule has 1 amide bonds. The van der Waals surface area contributed by atoms with Crippen LogP contribution < -0.4 is 5.32 Å². The number of rotatable bonds is 7. The molecule has 4 aromatic rings. The fourth-order valence-corrected chi connectivity index (χ4v) is 3.66. The van der Waals surface area contributed by atoms with Gasteiger partial charge in [-0.1, -0.05) is 23.4 Å². The Labute approximate surface area is 190 Å². The van der Waals surface area contributed by atoms with Crippen molar-refractivity contribution < 1.29 is 23.5 Å². The summed E-state index contributed by atoms with van der Waals surface area (Å²) in [4.78, 5) is 28.4. The summed E-state index contributed by atoms with van der Waals surface area (Å²) in [7, 11) is 0. The van der Waals surface area contributed by atoms with E-state index >= 15 is 0 Å². The molecule has 4 rings (SSSR count). The van der Waals surface area contributed by atoms with E-state index in [9.17, 15) is 14.7 Å². The third kappa shape index (κ3) is 4.66. The molecule has 0 saturated heterocycles. The summed E-state index contributed by atoms with van der Waals surface area (Å²) in [6.07, 6.45) is 3.04. The van der Waals surface area contributed by atoms with Crippen LogP contribution in [-0.2, 0) is 4.79 Å². The van der Waals surface area contributed by atoms with Crippen molar-refractivity contribution in [1.29, 1.82) is 0 Å². The monoisotopic (exact) mass is 470 g/mol. The van der Waals surface area contributed by atoms with E-state index in [1.165, 1.54) is 30.7 Å². The fraction of sp³-hybridized carbons (Fsp3) is 0.0952. The number of hydrogen-bond acceptors (Lipinski definition) is 8. The first-order chi connectivity index (χ1) is 15.4. The average molecular weight is 471 g/mol. The Balaban J connectivity index is 1.54. The highest BCUT2D eigenvalue weighted by Gasteiger charge is 2.22. The number of hydrogen-bond donors (Lipinski definition) is 2. The van der Waals surface area contributed by atoms with Gasteiger partial charge in [0, 0.05) is 5.69 Å². The normalized spacial score (nSPS) is 11.8. The SMILES string of the molecule is CC(Sc1nnc(-c2ccco2)c(-c2ccco2)n1)C(=O)Nc1ccc(Cl)c(C(=O)O)c1. The van der Waals surface area contributed by atoms with Gasteiger partial charge < -0.3 is 19.3 Å². The number of carbonyl (C=O) groups excluding carboxylic acids is 1. The maximum Gasteiger partial charge on any atom is 0.337 e. The van der Waals surface area contributed by atoms with Crippen LogP contribution in [0.3, 0.4) is 0 Å². The number of amides is 1. The Kier molecular flexibility index (Phi) is 6.24. The van der Waals surface area contributed by atoms with Crippen LogP contribution in [0.15, 0.2) is 69.0 Å². The van der Waals surface area contributed by atoms with Gasteiger partial charge in [0.25, 0.3) is 0 Å². The van der Waals surface area contributed by atoms with Crippen LogP contribution in [0.25, 0.3) is 22.9 Å². The summed E-state index contributed by atoms with van der Waals surface area (Å²) in [5, 5.41) is 19.9. The van der Waals surface area contributed by atoms with Crippen molar-refractivity contribution in [3.63, 3.8) is 0 Å². The van der Waals surface area contributed by atoms with Crippen molar-refractivity contribution in [2.45, 2.75) is 17.3 Å². The molecule has 0 spiro atoms. The molecule has 0 aliphatic rings. The lowest BCUT2D eigenvalue weighted by atomic mass is 10.2. The lowest BCUT2D eigenvalue weighted by Crippen LogP contribution is -2.23. The first kappa shape index (κ1) is 21.6. The van der Waals surface area contributed by atoms with Gasteiger partial charge in [-0.15, -0.1) is 10.2 Å². The van der Waals surface area contributed by atoms with Crippen LogP contribution >= 0.6 is 23.4 Å². The second-order valence-corrected chi connectivity index (χ2v) is 8.21. The van der Waals surface area contributed by atoms with Crippen molar-refractivity contribution in [3.8, 4) is 22.9 Å². The molecule has 0 radical (unpaired) electrons. The van der Waals surface area contributed by atoms with Crippen molar-refractivity contribution in [1.82, 2.24) is 15.2 Å². The van der Waals surface area contributed by atoms with Crippen LogP contribution in [0, 0.1) is 0 Å². The van der Waals surface area contributed by atoms with Crippen LogP contribution in [0.5, 0.6) is 0 Å². The zero-order valence-corrected chi connectivity index (χ0v) is 18.1. The van der Waals surface area contributed by atoms with Crippen molar-refractivity contribution >= 4 is 40.9 Å². The van der Waals surface area contributed by atoms with E-state index in [4.69, 9.17) is 20.4 Å². The van der Waals surface area contributed by atoms with Gasteiger partial charge in [-0.3, -0.25) is 4.79 Å². The van der Waals surface area contributed by atoms with E-state index < -0.39 is 11.2 Å². The Morgan fingerprint density at radius 2 is 1.75 bits per heavy atom. The number of carboxylic acids is 1. The van der Waals surface area contributed by atoms with Crippen molar-refractivity contribution in [3.05, 3.63) is 65.6 Å². The Morgan fingerprint density at radius 3 is 2.38 bits per heavy atom. The molecule has 9 nitrogen and oxygen atoms in total. The van der Waals surface area contributed by atoms with E-state index in [-0.39, 0.29) is 21.6 Å². The van der Waals surface area contributed by atoms with Crippen LogP contribution in [0.1, 0.15) is 17.3 Å². The lowest BCUT2D eigenvalue weighted by Gasteiger charge is -2.12. The first-order valence-corrected chi connectivity index (χ1v) is 10.5. The molecule has 1 unspecified atom stereocenters.